The Morgan fingerprint density at radius 1 is 1.17 bits per heavy atom. The number of hydrogen-bond acceptors (Lipinski definition) is 3. The van der Waals surface area contributed by atoms with Crippen molar-refractivity contribution in [2.45, 2.75) is 31.7 Å². The number of rotatable bonds is 4. The van der Waals surface area contributed by atoms with Crippen LogP contribution in [0.3, 0.4) is 0 Å². The number of hydrogen-bond donors (Lipinski definition) is 0. The minimum Gasteiger partial charge on any atom is -0.374 e. The molecule has 0 fully saturated rings. The summed E-state index contributed by atoms with van der Waals surface area (Å²) in [5.74, 6) is -0.0854. The number of nitrogens with zero attached hydrogens (tertiary/aromatic N) is 2. The van der Waals surface area contributed by atoms with E-state index < -0.39 is 18.2 Å². The highest BCUT2D eigenvalue weighted by Crippen LogP contribution is 2.49. The van der Waals surface area contributed by atoms with Crippen LogP contribution in [0.2, 0.25) is 10.0 Å². The summed E-state index contributed by atoms with van der Waals surface area (Å²) in [5, 5.41) is 3.88. The van der Waals surface area contributed by atoms with E-state index >= 15 is 0 Å². The Labute approximate surface area is 175 Å². The molecule has 1 aliphatic rings. The monoisotopic (exact) mass is 444 g/mol. The van der Waals surface area contributed by atoms with Gasteiger partial charge in [-0.3, -0.25) is 4.79 Å². The summed E-state index contributed by atoms with van der Waals surface area (Å²) in [6, 6.07) is 10.5. The summed E-state index contributed by atoms with van der Waals surface area (Å²) in [6.45, 7) is 1.85. The van der Waals surface area contributed by atoms with Crippen LogP contribution in [0.25, 0.3) is 0 Å². The second-order valence-corrected chi connectivity index (χ2v) is 7.73. The summed E-state index contributed by atoms with van der Waals surface area (Å²) >= 11 is 11.8. The first-order chi connectivity index (χ1) is 13.5. The maximum Gasteiger partial charge on any atom is 0.435 e. The van der Waals surface area contributed by atoms with Gasteiger partial charge in [-0.1, -0.05) is 52.6 Å². The van der Waals surface area contributed by atoms with Crippen molar-refractivity contribution in [1.82, 2.24) is 4.90 Å². The molecule has 1 heterocycles. The lowest BCUT2D eigenvalue weighted by Crippen LogP contribution is -2.42. The van der Waals surface area contributed by atoms with Crippen LogP contribution in [0.15, 0.2) is 47.6 Å². The Kier molecular flexibility index (Phi) is 5.83. The van der Waals surface area contributed by atoms with Crippen molar-refractivity contribution < 1.29 is 22.8 Å². The van der Waals surface area contributed by atoms with Crippen LogP contribution < -0.4 is 0 Å². The van der Waals surface area contributed by atoms with Crippen LogP contribution in [0, 0.1) is 0 Å². The molecule has 3 rings (SSSR count). The smallest absolute Gasteiger partial charge is 0.374 e. The van der Waals surface area contributed by atoms with E-state index in [-0.39, 0.29) is 27.2 Å². The number of alkyl halides is 3. The van der Waals surface area contributed by atoms with Crippen LogP contribution in [0.5, 0.6) is 0 Å². The molecule has 0 saturated heterocycles. The molecular weight excluding hydrogens is 428 g/mol. The third kappa shape index (κ3) is 4.36. The Hall–Kier alpha value is -2.25. The van der Waals surface area contributed by atoms with Crippen molar-refractivity contribution in [3.8, 4) is 0 Å². The predicted molar refractivity (Wildman–Crippen MR) is 105 cm³/mol. The average Bonchev–Trinajstić information content (AvgIpc) is 3.08. The number of oxime groups is 1. The van der Waals surface area contributed by atoms with Crippen molar-refractivity contribution in [2.75, 3.05) is 7.05 Å². The molecular formula is C20H17Cl2F3N2O2. The van der Waals surface area contributed by atoms with Crippen molar-refractivity contribution >= 4 is 34.8 Å². The summed E-state index contributed by atoms with van der Waals surface area (Å²) in [6.07, 6.45) is -5.25. The molecule has 9 heteroatoms. The van der Waals surface area contributed by atoms with Gasteiger partial charge in [0.05, 0.1) is 5.71 Å². The number of benzene rings is 2. The summed E-state index contributed by atoms with van der Waals surface area (Å²) < 4.78 is 42.0. The third-order valence-corrected chi connectivity index (χ3v) is 5.20. The van der Waals surface area contributed by atoms with Crippen LogP contribution in [-0.2, 0) is 21.8 Å². The fourth-order valence-electron chi connectivity index (χ4n) is 3.03. The van der Waals surface area contributed by atoms with Crippen molar-refractivity contribution in [3.05, 3.63) is 69.2 Å². The SMILES string of the molecule is CC(=O)N(C)Cc1ccc(C2=NOC(c3cc(Cl)cc(Cl)c3)(C(F)(F)F)C2)cc1. The fraction of sp³-hybridized carbons (Fsp3) is 0.300. The molecule has 1 amide bonds. The Morgan fingerprint density at radius 2 is 1.76 bits per heavy atom. The van der Waals surface area contributed by atoms with Gasteiger partial charge in [-0.2, -0.15) is 13.2 Å². The van der Waals surface area contributed by atoms with Gasteiger partial charge in [0.25, 0.3) is 5.60 Å². The van der Waals surface area contributed by atoms with Crippen molar-refractivity contribution in [1.29, 1.82) is 0 Å². The first-order valence-electron chi connectivity index (χ1n) is 8.61. The highest BCUT2D eigenvalue weighted by molar-refractivity contribution is 6.34. The summed E-state index contributed by atoms with van der Waals surface area (Å²) in [7, 11) is 1.67. The van der Waals surface area contributed by atoms with E-state index in [4.69, 9.17) is 28.0 Å². The zero-order valence-corrected chi connectivity index (χ0v) is 17.1. The van der Waals surface area contributed by atoms with Crippen molar-refractivity contribution in [2.24, 2.45) is 5.16 Å². The Bertz CT molecular complexity index is 941. The number of halogens is 5. The molecule has 29 heavy (non-hydrogen) atoms. The molecule has 0 radical (unpaired) electrons. The second-order valence-electron chi connectivity index (χ2n) is 6.86. The van der Waals surface area contributed by atoms with Gasteiger partial charge in [0.2, 0.25) is 5.91 Å². The van der Waals surface area contributed by atoms with Crippen LogP contribution >= 0.6 is 23.2 Å². The molecule has 2 aromatic carbocycles. The van der Waals surface area contributed by atoms with Gasteiger partial charge in [-0.05, 0) is 29.3 Å². The molecule has 0 N–H and O–H groups in total. The fourth-order valence-corrected chi connectivity index (χ4v) is 3.56. The van der Waals surface area contributed by atoms with Gasteiger partial charge in [-0.25, -0.2) is 0 Å². The lowest BCUT2D eigenvalue weighted by Gasteiger charge is -2.29. The maximum absolute atomic E-state index is 14.0. The lowest BCUT2D eigenvalue weighted by molar-refractivity contribution is -0.275. The van der Waals surface area contributed by atoms with Gasteiger partial charge in [0.15, 0.2) is 0 Å². The Morgan fingerprint density at radius 3 is 2.28 bits per heavy atom. The zero-order chi connectivity index (χ0) is 21.4. The standard InChI is InChI=1S/C20H17Cl2F3N2O2/c1-12(28)27(2)11-13-3-5-14(6-4-13)18-10-19(29-26-18,20(23,24)25)15-7-16(21)9-17(22)8-15/h3-9H,10-11H2,1-2H3. The van der Waals surface area contributed by atoms with Crippen molar-refractivity contribution in [3.63, 3.8) is 0 Å². The number of carbonyl (C=O) groups is 1. The highest BCUT2D eigenvalue weighted by Gasteiger charge is 2.62. The van der Waals surface area contributed by atoms with Gasteiger partial charge < -0.3 is 9.74 Å². The molecule has 0 bridgehead atoms. The van der Waals surface area contributed by atoms with Crippen LogP contribution in [0.1, 0.15) is 30.0 Å². The molecule has 1 atom stereocenters. The topological polar surface area (TPSA) is 41.9 Å². The second kappa shape index (κ2) is 7.88. The van der Waals surface area contributed by atoms with Gasteiger partial charge in [-0.15, -0.1) is 0 Å². The zero-order valence-electron chi connectivity index (χ0n) is 15.6. The largest absolute Gasteiger partial charge is 0.435 e. The molecule has 4 nitrogen and oxygen atoms in total. The molecule has 0 saturated carbocycles. The Balaban J connectivity index is 1.88. The third-order valence-electron chi connectivity index (χ3n) is 4.76. The van der Waals surface area contributed by atoms with Gasteiger partial charge in [0.1, 0.15) is 0 Å². The van der Waals surface area contributed by atoms with E-state index in [0.717, 1.165) is 5.56 Å². The lowest BCUT2D eigenvalue weighted by atomic mass is 9.86. The highest BCUT2D eigenvalue weighted by atomic mass is 35.5. The summed E-state index contributed by atoms with van der Waals surface area (Å²) in [4.78, 5) is 17.9. The molecule has 0 aromatic heterocycles. The van der Waals surface area contributed by atoms with E-state index in [1.54, 1.807) is 31.3 Å². The summed E-state index contributed by atoms with van der Waals surface area (Å²) in [5.41, 5.74) is -1.37. The van der Waals surface area contributed by atoms with E-state index in [9.17, 15) is 18.0 Å². The molecule has 154 valence electrons. The average molecular weight is 445 g/mol. The minimum atomic E-state index is -4.74. The van der Waals surface area contributed by atoms with E-state index in [2.05, 4.69) is 5.16 Å². The molecule has 1 aliphatic heterocycles. The molecule has 0 spiro atoms. The predicted octanol–water partition coefficient (Wildman–Crippen LogP) is 5.55. The van der Waals surface area contributed by atoms with Gasteiger partial charge in [0, 0.05) is 42.5 Å². The van der Waals surface area contributed by atoms with Crippen LogP contribution in [-0.4, -0.2) is 29.7 Å². The number of carbonyl (C=O) groups excluding carboxylic acids is 1. The minimum absolute atomic E-state index is 0.0760. The number of amides is 1. The maximum atomic E-state index is 14.0. The van der Waals surface area contributed by atoms with E-state index in [0.29, 0.717) is 12.1 Å². The van der Waals surface area contributed by atoms with Gasteiger partial charge >= 0.3 is 6.18 Å². The molecule has 0 aliphatic carbocycles. The van der Waals surface area contributed by atoms with Crippen LogP contribution in [0.4, 0.5) is 13.2 Å². The first kappa shape index (κ1) is 21.5. The normalized spacial score (nSPS) is 18.9. The molecule has 1 unspecified atom stereocenters. The molecule has 2 aromatic rings. The van der Waals surface area contributed by atoms with E-state index in [1.807, 2.05) is 0 Å². The van der Waals surface area contributed by atoms with E-state index in [1.165, 1.54) is 30.0 Å². The first-order valence-corrected chi connectivity index (χ1v) is 9.37. The quantitative estimate of drug-likeness (QED) is 0.619.